The van der Waals surface area contributed by atoms with E-state index in [1.165, 1.54) is 0 Å². The molecule has 0 saturated heterocycles. The van der Waals surface area contributed by atoms with Crippen molar-refractivity contribution in [3.63, 3.8) is 0 Å². The molecule has 0 unspecified atom stereocenters. The lowest BCUT2D eigenvalue weighted by Crippen LogP contribution is -2.24. The number of carbonyl (C=O) groups is 1. The van der Waals surface area contributed by atoms with Crippen molar-refractivity contribution in [2.45, 2.75) is 25.4 Å². The van der Waals surface area contributed by atoms with Gasteiger partial charge in [0.25, 0.3) is 0 Å². The van der Waals surface area contributed by atoms with Crippen molar-refractivity contribution >= 4 is 5.97 Å². The van der Waals surface area contributed by atoms with E-state index in [1.807, 2.05) is 0 Å². The molecular weight excluding hydrogens is 148 g/mol. The summed E-state index contributed by atoms with van der Waals surface area (Å²) >= 11 is 0. The van der Waals surface area contributed by atoms with Crippen LogP contribution >= 0.6 is 0 Å². The smallest absolute Gasteiger partial charge is 0.307 e. The first-order valence-corrected chi connectivity index (χ1v) is 3.24. The molecule has 1 heterocycles. The van der Waals surface area contributed by atoms with Crippen molar-refractivity contribution < 1.29 is 9.90 Å². The Morgan fingerprint density at radius 1 is 1.45 bits per heavy atom. The van der Waals surface area contributed by atoms with Crippen molar-refractivity contribution in [3.8, 4) is 0 Å². The summed E-state index contributed by atoms with van der Waals surface area (Å²) in [6.45, 7) is 1.80. The summed E-state index contributed by atoms with van der Waals surface area (Å²) in [6.07, 6.45) is 0.364. The van der Waals surface area contributed by atoms with Crippen molar-refractivity contribution in [1.29, 1.82) is 0 Å². The zero-order valence-electron chi connectivity index (χ0n) is 6.06. The van der Waals surface area contributed by atoms with E-state index in [1.54, 1.807) is 6.92 Å². The Bertz CT molecular complexity index is 211. The van der Waals surface area contributed by atoms with Gasteiger partial charge < -0.3 is 5.11 Å². The average molecular weight is 156 g/mol. The van der Waals surface area contributed by atoms with Crippen LogP contribution < -0.4 is 0 Å². The minimum Gasteiger partial charge on any atom is -0.481 e. The first-order valence-electron chi connectivity index (χ1n) is 3.24. The second kappa shape index (κ2) is 2.73. The molecule has 1 aliphatic rings. The highest BCUT2D eigenvalue weighted by Gasteiger charge is 2.33. The van der Waals surface area contributed by atoms with E-state index in [9.17, 15) is 4.79 Å². The molecule has 1 rings (SSSR count). The van der Waals surface area contributed by atoms with Crippen molar-refractivity contribution in [2.75, 3.05) is 0 Å². The number of carboxylic acid groups (broad SMARTS) is 1. The fraction of sp³-hybridized carbons (Fsp3) is 0.800. The lowest BCUT2D eigenvalue weighted by atomic mass is 10.1. The molecule has 0 saturated carbocycles. The van der Waals surface area contributed by atoms with Crippen molar-refractivity contribution in [2.24, 2.45) is 20.7 Å². The highest BCUT2D eigenvalue weighted by molar-refractivity contribution is 5.68. The maximum Gasteiger partial charge on any atom is 0.307 e. The normalized spacial score (nSPS) is 19.0. The Morgan fingerprint density at radius 2 is 2.00 bits per heavy atom. The van der Waals surface area contributed by atoms with Crippen LogP contribution in [0, 0.1) is 0 Å². The predicted octanol–water partition coefficient (Wildman–Crippen LogP) is 1.40. The Morgan fingerprint density at radius 3 is 2.36 bits per heavy atom. The van der Waals surface area contributed by atoms with Gasteiger partial charge in [-0.25, -0.2) is 0 Å². The van der Waals surface area contributed by atoms with Gasteiger partial charge in [-0.1, -0.05) is 6.92 Å². The van der Waals surface area contributed by atoms with Gasteiger partial charge in [0, 0.05) is 0 Å². The molecule has 6 heteroatoms. The topological polar surface area (TPSA) is 86.7 Å². The molecule has 0 atom stereocenters. The molecule has 11 heavy (non-hydrogen) atoms. The van der Waals surface area contributed by atoms with Gasteiger partial charge in [0.15, 0.2) is 0 Å². The van der Waals surface area contributed by atoms with Crippen LogP contribution in [0.4, 0.5) is 0 Å². The van der Waals surface area contributed by atoms with E-state index in [-0.39, 0.29) is 6.42 Å². The Kier molecular flexibility index (Phi) is 1.93. The van der Waals surface area contributed by atoms with Crippen molar-refractivity contribution in [1.82, 2.24) is 0 Å². The summed E-state index contributed by atoms with van der Waals surface area (Å²) in [6, 6.07) is 0. The maximum atomic E-state index is 10.3. The Labute approximate surface area is 63.0 Å². The second-order valence-corrected chi connectivity index (χ2v) is 2.29. The number of rotatable bonds is 3. The summed E-state index contributed by atoms with van der Waals surface area (Å²) in [5.74, 6) is -0.938. The molecule has 0 aromatic heterocycles. The van der Waals surface area contributed by atoms with Gasteiger partial charge in [-0.15, -0.1) is 10.2 Å². The minimum absolute atomic E-state index is 0.142. The Hall–Kier alpha value is -1.33. The van der Waals surface area contributed by atoms with Gasteiger partial charge in [-0.3, -0.25) is 4.79 Å². The first-order chi connectivity index (χ1) is 5.18. The zero-order valence-corrected chi connectivity index (χ0v) is 6.06. The molecule has 0 aromatic rings. The van der Waals surface area contributed by atoms with E-state index in [0.29, 0.717) is 6.42 Å². The van der Waals surface area contributed by atoms with Crippen LogP contribution in [0.15, 0.2) is 20.7 Å². The quantitative estimate of drug-likeness (QED) is 0.669. The van der Waals surface area contributed by atoms with E-state index in [2.05, 4.69) is 20.7 Å². The number of hydrogen-bond donors (Lipinski definition) is 1. The molecule has 0 fully saturated rings. The molecule has 0 bridgehead atoms. The van der Waals surface area contributed by atoms with Crippen LogP contribution in [0.3, 0.4) is 0 Å². The number of carboxylic acids is 1. The van der Waals surface area contributed by atoms with Crippen LogP contribution in [0.5, 0.6) is 0 Å². The molecule has 0 radical (unpaired) electrons. The largest absolute Gasteiger partial charge is 0.481 e. The standard InChI is InChI=1S/C5H8N4O2/c1-2-5(3-4(10)11)6-8-9-7-5/h2-3H2,1H3,(H,10,11). The summed E-state index contributed by atoms with van der Waals surface area (Å²) in [4.78, 5) is 10.3. The third-order valence-electron chi connectivity index (χ3n) is 1.50. The van der Waals surface area contributed by atoms with Gasteiger partial charge in [-0.2, -0.15) is 0 Å². The molecule has 1 N–H and O–H groups in total. The molecule has 0 amide bonds. The van der Waals surface area contributed by atoms with Crippen molar-refractivity contribution in [3.05, 3.63) is 0 Å². The van der Waals surface area contributed by atoms with Crippen LogP contribution in [0.2, 0.25) is 0 Å². The molecule has 0 aliphatic carbocycles. The highest BCUT2D eigenvalue weighted by Crippen LogP contribution is 2.27. The maximum absolute atomic E-state index is 10.3. The first kappa shape index (κ1) is 7.77. The fourth-order valence-corrected chi connectivity index (χ4v) is 0.806. The monoisotopic (exact) mass is 156 g/mol. The van der Waals surface area contributed by atoms with Crippen LogP contribution in [-0.4, -0.2) is 16.7 Å². The summed E-state index contributed by atoms with van der Waals surface area (Å²) in [7, 11) is 0. The molecular formula is C5H8N4O2. The fourth-order valence-electron chi connectivity index (χ4n) is 0.806. The van der Waals surface area contributed by atoms with E-state index in [0.717, 1.165) is 0 Å². The molecule has 6 nitrogen and oxygen atoms in total. The third kappa shape index (κ3) is 1.57. The second-order valence-electron chi connectivity index (χ2n) is 2.29. The zero-order chi connectivity index (χ0) is 8.32. The van der Waals surface area contributed by atoms with Gasteiger partial charge >= 0.3 is 5.97 Å². The average Bonchev–Trinajstić information content (AvgIpc) is 2.36. The van der Waals surface area contributed by atoms with Gasteiger partial charge in [0.2, 0.25) is 5.66 Å². The van der Waals surface area contributed by atoms with Crippen LogP contribution in [-0.2, 0) is 4.79 Å². The lowest BCUT2D eigenvalue weighted by Gasteiger charge is -2.13. The van der Waals surface area contributed by atoms with Gasteiger partial charge in [0.1, 0.15) is 0 Å². The molecule has 0 spiro atoms. The van der Waals surface area contributed by atoms with E-state index < -0.39 is 11.6 Å². The van der Waals surface area contributed by atoms with E-state index >= 15 is 0 Å². The SMILES string of the molecule is CCC1(CC(=O)O)N=NN=N1. The number of aliphatic carboxylic acids is 1. The predicted molar refractivity (Wildman–Crippen MR) is 35.0 cm³/mol. The molecule has 1 aliphatic heterocycles. The Balaban J connectivity index is 2.69. The summed E-state index contributed by atoms with van der Waals surface area (Å²) < 4.78 is 0. The highest BCUT2D eigenvalue weighted by atomic mass is 16.4. The minimum atomic E-state index is -0.938. The third-order valence-corrected chi connectivity index (χ3v) is 1.50. The number of hydrogen-bond acceptors (Lipinski definition) is 5. The van der Waals surface area contributed by atoms with Gasteiger partial charge in [-0.05, 0) is 16.9 Å². The summed E-state index contributed by atoms with van der Waals surface area (Å²) in [5, 5.41) is 22.3. The molecule has 0 aromatic carbocycles. The molecule has 60 valence electrons. The van der Waals surface area contributed by atoms with Gasteiger partial charge in [0.05, 0.1) is 6.42 Å². The van der Waals surface area contributed by atoms with E-state index in [4.69, 9.17) is 5.11 Å². The number of nitrogens with zero attached hydrogens (tertiary/aromatic N) is 4. The summed E-state index contributed by atoms with van der Waals surface area (Å²) in [5.41, 5.74) is -0.925. The van der Waals surface area contributed by atoms with Crippen LogP contribution in [0.25, 0.3) is 0 Å². The van der Waals surface area contributed by atoms with Crippen LogP contribution in [0.1, 0.15) is 19.8 Å². The lowest BCUT2D eigenvalue weighted by molar-refractivity contribution is -0.138.